The molecule has 6 nitrogen and oxygen atoms in total. The van der Waals surface area contributed by atoms with Crippen molar-refractivity contribution in [3.8, 4) is 5.75 Å². The minimum atomic E-state index is -0.607. The lowest BCUT2D eigenvalue weighted by Gasteiger charge is -2.24. The van der Waals surface area contributed by atoms with E-state index in [-0.39, 0.29) is 11.9 Å². The summed E-state index contributed by atoms with van der Waals surface area (Å²) < 4.78 is 5.78. The summed E-state index contributed by atoms with van der Waals surface area (Å²) in [5.41, 5.74) is 2.39. The molecular formula is C20H23N3O3. The maximum atomic E-state index is 12.6. The van der Waals surface area contributed by atoms with Crippen LogP contribution < -0.4 is 20.3 Å². The molecule has 1 heterocycles. The molecule has 0 saturated heterocycles. The third kappa shape index (κ3) is 3.64. The van der Waals surface area contributed by atoms with Crippen LogP contribution in [-0.2, 0) is 4.79 Å². The van der Waals surface area contributed by atoms with Crippen LogP contribution in [0.4, 0.5) is 21.9 Å². The van der Waals surface area contributed by atoms with Gasteiger partial charge in [-0.05, 0) is 56.7 Å². The number of aryl methyl sites for hydroxylation is 1. The summed E-state index contributed by atoms with van der Waals surface area (Å²) >= 11 is 0. The topological polar surface area (TPSA) is 70.7 Å². The van der Waals surface area contributed by atoms with Crippen LogP contribution in [0.3, 0.4) is 0 Å². The van der Waals surface area contributed by atoms with Gasteiger partial charge in [-0.2, -0.15) is 0 Å². The van der Waals surface area contributed by atoms with Gasteiger partial charge in [0, 0.05) is 18.4 Å². The minimum absolute atomic E-state index is 0.0300. The van der Waals surface area contributed by atoms with Gasteiger partial charge in [-0.15, -0.1) is 0 Å². The number of carbonyl (C=O) groups is 2. The number of nitrogens with one attached hydrogen (secondary N) is 2. The van der Waals surface area contributed by atoms with Crippen LogP contribution in [0.25, 0.3) is 0 Å². The molecule has 1 aliphatic heterocycles. The van der Waals surface area contributed by atoms with Gasteiger partial charge in [-0.3, -0.25) is 4.79 Å². The first kappa shape index (κ1) is 17.8. The Morgan fingerprint density at radius 2 is 1.81 bits per heavy atom. The van der Waals surface area contributed by atoms with Crippen LogP contribution in [-0.4, -0.2) is 25.6 Å². The molecule has 3 rings (SSSR count). The summed E-state index contributed by atoms with van der Waals surface area (Å²) in [6.45, 7) is 5.98. The van der Waals surface area contributed by atoms with E-state index in [2.05, 4.69) is 10.6 Å². The van der Waals surface area contributed by atoms with E-state index in [4.69, 9.17) is 4.74 Å². The Morgan fingerprint density at radius 1 is 1.12 bits per heavy atom. The maximum absolute atomic E-state index is 12.6. The number of benzene rings is 2. The summed E-state index contributed by atoms with van der Waals surface area (Å²) in [5, 5.41) is 5.59. The van der Waals surface area contributed by atoms with Gasteiger partial charge in [0.15, 0.2) is 0 Å². The molecule has 0 spiro atoms. The number of urea groups is 1. The molecule has 0 aliphatic carbocycles. The highest BCUT2D eigenvalue weighted by atomic mass is 16.5. The Hall–Kier alpha value is -3.02. The van der Waals surface area contributed by atoms with Crippen LogP contribution in [0.1, 0.15) is 19.4 Å². The van der Waals surface area contributed by atoms with E-state index in [9.17, 15) is 9.59 Å². The van der Waals surface area contributed by atoms with Crippen LogP contribution >= 0.6 is 0 Å². The number of fused-ring (bicyclic) bond motifs is 1. The van der Waals surface area contributed by atoms with Crippen molar-refractivity contribution in [2.45, 2.75) is 20.8 Å². The third-order valence-corrected chi connectivity index (χ3v) is 4.33. The largest absolute Gasteiger partial charge is 0.490 e. The average Bonchev–Trinajstić information content (AvgIpc) is 2.66. The highest BCUT2D eigenvalue weighted by Crippen LogP contribution is 2.37. The Bertz CT molecular complexity index is 861. The molecule has 6 heteroatoms. The Kier molecular flexibility index (Phi) is 4.59. The second kappa shape index (κ2) is 6.71. The Morgan fingerprint density at radius 3 is 2.50 bits per heavy atom. The first-order valence-corrected chi connectivity index (χ1v) is 8.46. The van der Waals surface area contributed by atoms with Gasteiger partial charge in [0.1, 0.15) is 12.4 Å². The number of hydrogen-bond acceptors (Lipinski definition) is 3. The highest BCUT2D eigenvalue weighted by molar-refractivity contribution is 6.02. The monoisotopic (exact) mass is 353 g/mol. The predicted molar refractivity (Wildman–Crippen MR) is 103 cm³/mol. The van der Waals surface area contributed by atoms with Crippen LogP contribution in [0.2, 0.25) is 0 Å². The quantitative estimate of drug-likeness (QED) is 0.857. The molecule has 136 valence electrons. The molecule has 0 radical (unpaired) electrons. The normalized spacial score (nSPS) is 15.5. The lowest BCUT2D eigenvalue weighted by atomic mass is 9.93. The molecule has 0 unspecified atom stereocenters. The zero-order valence-corrected chi connectivity index (χ0v) is 15.4. The van der Waals surface area contributed by atoms with Gasteiger partial charge in [0.2, 0.25) is 5.91 Å². The van der Waals surface area contributed by atoms with Crippen molar-refractivity contribution in [2.24, 2.45) is 5.41 Å². The van der Waals surface area contributed by atoms with Gasteiger partial charge in [-0.25, -0.2) is 4.79 Å². The SMILES string of the molecule is Cc1cccc(NC(=O)Nc2ccc3c(c2)N(C)C(=O)C(C)(C)CO3)c1. The van der Waals surface area contributed by atoms with E-state index in [0.717, 1.165) is 11.3 Å². The van der Waals surface area contributed by atoms with Crippen molar-refractivity contribution in [1.82, 2.24) is 0 Å². The summed E-state index contributed by atoms with van der Waals surface area (Å²) in [4.78, 5) is 26.4. The first-order chi connectivity index (χ1) is 12.3. The van der Waals surface area contributed by atoms with Gasteiger partial charge < -0.3 is 20.3 Å². The lowest BCUT2D eigenvalue weighted by molar-refractivity contribution is -0.127. The molecule has 0 atom stereocenters. The summed E-state index contributed by atoms with van der Waals surface area (Å²) in [6.07, 6.45) is 0. The van der Waals surface area contributed by atoms with Crippen molar-refractivity contribution >= 4 is 29.0 Å². The number of carbonyl (C=O) groups excluding carboxylic acids is 2. The summed E-state index contributed by atoms with van der Waals surface area (Å²) in [5.74, 6) is 0.591. The van der Waals surface area contributed by atoms with Crippen LogP contribution in [0.5, 0.6) is 5.75 Å². The molecule has 2 aromatic carbocycles. The van der Waals surface area contributed by atoms with Crippen molar-refractivity contribution in [3.05, 3.63) is 48.0 Å². The molecule has 0 bridgehead atoms. The predicted octanol–water partition coefficient (Wildman–Crippen LogP) is 4.02. The lowest BCUT2D eigenvalue weighted by Crippen LogP contribution is -2.39. The second-order valence-electron chi connectivity index (χ2n) is 7.17. The summed E-state index contributed by atoms with van der Waals surface area (Å²) in [7, 11) is 1.72. The first-order valence-electron chi connectivity index (χ1n) is 8.46. The van der Waals surface area contributed by atoms with E-state index in [1.54, 1.807) is 30.1 Å². The molecule has 3 amide bonds. The van der Waals surface area contributed by atoms with Crippen molar-refractivity contribution < 1.29 is 14.3 Å². The van der Waals surface area contributed by atoms with E-state index in [1.165, 1.54) is 0 Å². The fourth-order valence-corrected chi connectivity index (χ4v) is 2.88. The highest BCUT2D eigenvalue weighted by Gasteiger charge is 2.36. The van der Waals surface area contributed by atoms with Gasteiger partial charge >= 0.3 is 6.03 Å². The average molecular weight is 353 g/mol. The molecule has 2 aromatic rings. The number of amides is 3. The van der Waals surface area contributed by atoms with Crippen LogP contribution in [0.15, 0.2) is 42.5 Å². The standard InChI is InChI=1S/C20H23N3O3/c1-13-6-5-7-14(10-13)21-19(25)22-15-8-9-17-16(11-15)23(4)18(24)20(2,3)12-26-17/h5-11H,12H2,1-4H3,(H2,21,22,25). The van der Waals surface area contributed by atoms with E-state index < -0.39 is 5.41 Å². The molecule has 0 fully saturated rings. The molecule has 0 aromatic heterocycles. The summed E-state index contributed by atoms with van der Waals surface area (Å²) in [6, 6.07) is 12.5. The van der Waals surface area contributed by atoms with Gasteiger partial charge in [-0.1, -0.05) is 12.1 Å². The zero-order chi connectivity index (χ0) is 18.9. The number of hydrogen-bond donors (Lipinski definition) is 2. The van der Waals surface area contributed by atoms with Gasteiger partial charge in [0.05, 0.1) is 11.1 Å². The molecule has 26 heavy (non-hydrogen) atoms. The number of rotatable bonds is 2. The third-order valence-electron chi connectivity index (χ3n) is 4.33. The number of nitrogens with zero attached hydrogens (tertiary/aromatic N) is 1. The minimum Gasteiger partial charge on any atom is -0.490 e. The maximum Gasteiger partial charge on any atom is 0.323 e. The molecule has 2 N–H and O–H groups in total. The van der Waals surface area contributed by atoms with E-state index >= 15 is 0 Å². The second-order valence-corrected chi connectivity index (χ2v) is 7.17. The molecule has 1 aliphatic rings. The van der Waals surface area contributed by atoms with Gasteiger partial charge in [0.25, 0.3) is 0 Å². The van der Waals surface area contributed by atoms with Crippen LogP contribution in [0, 0.1) is 12.3 Å². The van der Waals surface area contributed by atoms with Crippen molar-refractivity contribution in [1.29, 1.82) is 0 Å². The Balaban J connectivity index is 1.78. The molecule has 0 saturated carbocycles. The fourth-order valence-electron chi connectivity index (χ4n) is 2.88. The number of ether oxygens (including phenoxy) is 1. The van der Waals surface area contributed by atoms with Crippen molar-refractivity contribution in [2.75, 3.05) is 29.2 Å². The molecular weight excluding hydrogens is 330 g/mol. The van der Waals surface area contributed by atoms with E-state index in [1.807, 2.05) is 45.0 Å². The smallest absolute Gasteiger partial charge is 0.323 e. The Labute approximate surface area is 153 Å². The van der Waals surface area contributed by atoms with E-state index in [0.29, 0.717) is 23.7 Å². The number of anilines is 3. The zero-order valence-electron chi connectivity index (χ0n) is 15.4. The van der Waals surface area contributed by atoms with Crippen molar-refractivity contribution in [3.63, 3.8) is 0 Å². The fraction of sp³-hybridized carbons (Fsp3) is 0.300.